The van der Waals surface area contributed by atoms with Crippen molar-refractivity contribution in [3.8, 4) is 0 Å². The molecule has 2 heterocycles. The average molecular weight is 519 g/mol. The van der Waals surface area contributed by atoms with Crippen molar-refractivity contribution < 1.29 is 23.5 Å². The summed E-state index contributed by atoms with van der Waals surface area (Å²) < 4.78 is 11.7. The van der Waals surface area contributed by atoms with Crippen molar-refractivity contribution in [3.63, 3.8) is 0 Å². The number of rotatable bonds is 6. The Balaban J connectivity index is 1.45. The van der Waals surface area contributed by atoms with Crippen molar-refractivity contribution in [2.75, 3.05) is 17.2 Å². The number of carbonyl (C=O) groups is 3. The Bertz CT molecular complexity index is 1620. The van der Waals surface area contributed by atoms with Crippen LogP contribution >= 0.6 is 22.9 Å². The average Bonchev–Trinajstić information content (AvgIpc) is 3.43. The van der Waals surface area contributed by atoms with Gasteiger partial charge in [0.25, 0.3) is 11.8 Å². The van der Waals surface area contributed by atoms with Crippen molar-refractivity contribution >= 4 is 73.2 Å². The van der Waals surface area contributed by atoms with Gasteiger partial charge in [0.15, 0.2) is 0 Å². The number of thiophene rings is 1. The van der Waals surface area contributed by atoms with E-state index >= 15 is 0 Å². The maximum absolute atomic E-state index is 13.2. The zero-order valence-electron chi connectivity index (χ0n) is 19.0. The van der Waals surface area contributed by atoms with Gasteiger partial charge < -0.3 is 19.8 Å². The molecule has 3 aromatic carbocycles. The molecule has 2 aromatic heterocycles. The maximum Gasteiger partial charge on any atom is 0.338 e. The lowest BCUT2D eigenvalue weighted by Gasteiger charge is -2.08. The molecule has 5 rings (SSSR count). The van der Waals surface area contributed by atoms with Crippen molar-refractivity contribution in [2.45, 2.75) is 6.92 Å². The zero-order chi connectivity index (χ0) is 25.2. The van der Waals surface area contributed by atoms with Gasteiger partial charge in [0.2, 0.25) is 5.76 Å². The van der Waals surface area contributed by atoms with E-state index < -0.39 is 17.8 Å². The van der Waals surface area contributed by atoms with Gasteiger partial charge in [-0.3, -0.25) is 9.59 Å². The number of ether oxygens (including phenoxy) is 1. The molecule has 0 spiro atoms. The Labute approximate surface area is 214 Å². The molecule has 0 radical (unpaired) electrons. The van der Waals surface area contributed by atoms with Crippen LogP contribution in [0.25, 0.3) is 21.1 Å². The van der Waals surface area contributed by atoms with Crippen LogP contribution in [0.2, 0.25) is 5.02 Å². The number of furan rings is 1. The van der Waals surface area contributed by atoms with E-state index in [2.05, 4.69) is 10.6 Å². The minimum absolute atomic E-state index is 0.0590. The summed E-state index contributed by atoms with van der Waals surface area (Å²) in [5.41, 5.74) is 1.49. The first-order valence-corrected chi connectivity index (χ1v) is 12.2. The number of amides is 2. The van der Waals surface area contributed by atoms with Gasteiger partial charge in [-0.2, -0.15) is 0 Å². The summed E-state index contributed by atoms with van der Waals surface area (Å²) in [5.74, 6) is -1.51. The number of hydrogen-bond donors (Lipinski definition) is 2. The van der Waals surface area contributed by atoms with E-state index in [0.717, 1.165) is 10.1 Å². The number of nitrogens with one attached hydrogen (secondary N) is 2. The fourth-order valence-corrected chi connectivity index (χ4v) is 5.16. The van der Waals surface area contributed by atoms with Gasteiger partial charge in [-0.1, -0.05) is 41.9 Å². The lowest BCUT2D eigenvalue weighted by Crippen LogP contribution is -2.17. The van der Waals surface area contributed by atoms with E-state index in [0.29, 0.717) is 32.1 Å². The molecule has 0 unspecified atom stereocenters. The van der Waals surface area contributed by atoms with Crippen molar-refractivity contribution in [2.24, 2.45) is 0 Å². The van der Waals surface area contributed by atoms with Crippen LogP contribution in [-0.4, -0.2) is 24.4 Å². The second-order valence-electron chi connectivity index (χ2n) is 7.75. The van der Waals surface area contributed by atoms with E-state index in [1.807, 2.05) is 24.3 Å². The van der Waals surface area contributed by atoms with E-state index in [1.54, 1.807) is 55.5 Å². The zero-order valence-corrected chi connectivity index (χ0v) is 20.5. The molecule has 0 fully saturated rings. The van der Waals surface area contributed by atoms with Gasteiger partial charge in [0.05, 0.1) is 17.2 Å². The molecule has 9 heteroatoms. The molecule has 0 bridgehead atoms. The fourth-order valence-electron chi connectivity index (χ4n) is 3.75. The maximum atomic E-state index is 13.2. The second kappa shape index (κ2) is 9.85. The van der Waals surface area contributed by atoms with Crippen LogP contribution in [0.1, 0.15) is 37.5 Å². The van der Waals surface area contributed by atoms with Gasteiger partial charge in [-0.15, -0.1) is 11.3 Å². The van der Waals surface area contributed by atoms with Crippen LogP contribution in [0.15, 0.2) is 77.2 Å². The first-order valence-electron chi connectivity index (χ1n) is 11.0. The van der Waals surface area contributed by atoms with Crippen molar-refractivity contribution in [1.29, 1.82) is 0 Å². The topological polar surface area (TPSA) is 97.6 Å². The summed E-state index contributed by atoms with van der Waals surface area (Å²) in [6.07, 6.45) is 0. The largest absolute Gasteiger partial charge is 0.462 e. The summed E-state index contributed by atoms with van der Waals surface area (Å²) in [5, 5.41) is 7.29. The monoisotopic (exact) mass is 518 g/mol. The highest BCUT2D eigenvalue weighted by atomic mass is 35.5. The Morgan fingerprint density at radius 3 is 2.31 bits per heavy atom. The molecule has 0 aliphatic heterocycles. The quantitative estimate of drug-likeness (QED) is 0.236. The number of halogens is 1. The van der Waals surface area contributed by atoms with E-state index in [4.69, 9.17) is 20.8 Å². The second-order valence-corrected chi connectivity index (χ2v) is 9.18. The molecule has 0 saturated carbocycles. The standard InChI is InChI=1S/C27H19ClN2O5S/c1-2-34-27(33)15-11-13-16(14-12-15)29-25(31)23-22(17-7-3-5-9-19(17)35-23)30-26(32)24-21(28)18-8-4-6-10-20(18)36-24/h3-14H,2H2,1H3,(H,29,31)(H,30,32). The van der Waals surface area contributed by atoms with Crippen LogP contribution in [-0.2, 0) is 4.74 Å². The molecule has 7 nitrogen and oxygen atoms in total. The number of anilines is 2. The summed E-state index contributed by atoms with van der Waals surface area (Å²) in [4.78, 5) is 38.6. The van der Waals surface area contributed by atoms with E-state index in [1.165, 1.54) is 11.3 Å². The molecule has 5 aromatic rings. The number of fused-ring (bicyclic) bond motifs is 2. The van der Waals surface area contributed by atoms with Crippen molar-refractivity contribution in [1.82, 2.24) is 0 Å². The molecule has 0 atom stereocenters. The Morgan fingerprint density at radius 2 is 1.58 bits per heavy atom. The third-order valence-electron chi connectivity index (χ3n) is 5.44. The summed E-state index contributed by atoms with van der Waals surface area (Å²) in [7, 11) is 0. The highest BCUT2D eigenvalue weighted by molar-refractivity contribution is 7.21. The lowest BCUT2D eigenvalue weighted by molar-refractivity contribution is 0.0526. The minimum Gasteiger partial charge on any atom is -0.462 e. The third-order valence-corrected chi connectivity index (χ3v) is 7.11. The SMILES string of the molecule is CCOC(=O)c1ccc(NC(=O)c2oc3ccccc3c2NC(=O)c2sc3ccccc3c2Cl)cc1. The van der Waals surface area contributed by atoms with Gasteiger partial charge in [0, 0.05) is 21.2 Å². The highest BCUT2D eigenvalue weighted by Gasteiger charge is 2.25. The molecule has 180 valence electrons. The highest BCUT2D eigenvalue weighted by Crippen LogP contribution is 2.37. The van der Waals surface area contributed by atoms with Gasteiger partial charge >= 0.3 is 5.97 Å². The van der Waals surface area contributed by atoms with Gasteiger partial charge in [-0.05, 0) is 49.4 Å². The molecule has 0 aliphatic rings. The van der Waals surface area contributed by atoms with Crippen LogP contribution in [0.4, 0.5) is 11.4 Å². The molecule has 0 aliphatic carbocycles. The molecular weight excluding hydrogens is 500 g/mol. The predicted molar refractivity (Wildman–Crippen MR) is 141 cm³/mol. The summed E-state index contributed by atoms with van der Waals surface area (Å²) in [6, 6.07) is 20.8. The van der Waals surface area contributed by atoms with E-state index in [-0.39, 0.29) is 18.1 Å². The summed E-state index contributed by atoms with van der Waals surface area (Å²) >= 11 is 7.76. The van der Waals surface area contributed by atoms with Crippen LogP contribution in [0, 0.1) is 0 Å². The molecular formula is C27H19ClN2O5S. The number of para-hydroxylation sites is 1. The molecule has 36 heavy (non-hydrogen) atoms. The molecule has 0 saturated heterocycles. The molecule has 2 N–H and O–H groups in total. The smallest absolute Gasteiger partial charge is 0.338 e. The normalized spacial score (nSPS) is 10.9. The summed E-state index contributed by atoms with van der Waals surface area (Å²) in [6.45, 7) is 2.00. The number of esters is 1. The first kappa shape index (κ1) is 23.6. The number of carbonyl (C=O) groups excluding carboxylic acids is 3. The lowest BCUT2D eigenvalue weighted by atomic mass is 10.2. The van der Waals surface area contributed by atoms with E-state index in [9.17, 15) is 14.4 Å². The van der Waals surface area contributed by atoms with Gasteiger partial charge in [-0.25, -0.2) is 4.79 Å². The van der Waals surface area contributed by atoms with Gasteiger partial charge in [0.1, 0.15) is 16.1 Å². The minimum atomic E-state index is -0.562. The predicted octanol–water partition coefficient (Wildman–Crippen LogP) is 6.98. The van der Waals surface area contributed by atoms with Crippen LogP contribution in [0.3, 0.4) is 0 Å². The van der Waals surface area contributed by atoms with Crippen molar-refractivity contribution in [3.05, 3.63) is 94.0 Å². The fraction of sp³-hybridized carbons (Fsp3) is 0.0741. The van der Waals surface area contributed by atoms with Crippen LogP contribution < -0.4 is 10.6 Å². The first-order chi connectivity index (χ1) is 17.5. The Morgan fingerprint density at radius 1 is 0.889 bits per heavy atom. The number of benzene rings is 3. The Hall–Kier alpha value is -4.14. The third kappa shape index (κ3) is 4.44. The number of hydrogen-bond acceptors (Lipinski definition) is 6. The Kier molecular flexibility index (Phi) is 6.45. The molecule has 2 amide bonds. The van der Waals surface area contributed by atoms with Crippen LogP contribution in [0.5, 0.6) is 0 Å².